The van der Waals surface area contributed by atoms with Crippen molar-refractivity contribution in [2.24, 2.45) is 0 Å². The van der Waals surface area contributed by atoms with Crippen LogP contribution in [0, 0.1) is 0 Å². The fourth-order valence-corrected chi connectivity index (χ4v) is 4.55. The van der Waals surface area contributed by atoms with Crippen LogP contribution in [-0.2, 0) is 10.0 Å². The van der Waals surface area contributed by atoms with Crippen molar-refractivity contribution in [2.45, 2.75) is 30.2 Å². The zero-order valence-electron chi connectivity index (χ0n) is 11.3. The fourth-order valence-electron chi connectivity index (χ4n) is 2.40. The standard InChI is InChI=1S/C13H18Cl2N2O2S/c1-17(10-4-3-8-16-9-7-10)20(18,19)12-6-2-5-11(14)13(12)15/h2,5-6,10,16H,3-4,7-9H2,1H3. The molecule has 4 nitrogen and oxygen atoms in total. The van der Waals surface area contributed by atoms with E-state index in [1.165, 1.54) is 10.4 Å². The smallest absolute Gasteiger partial charge is 0.244 e. The van der Waals surface area contributed by atoms with E-state index >= 15 is 0 Å². The van der Waals surface area contributed by atoms with Crippen LogP contribution in [-0.4, -0.2) is 38.9 Å². The minimum Gasteiger partial charge on any atom is -0.317 e. The van der Waals surface area contributed by atoms with E-state index in [9.17, 15) is 8.42 Å². The van der Waals surface area contributed by atoms with Crippen molar-refractivity contribution in [3.05, 3.63) is 28.2 Å². The van der Waals surface area contributed by atoms with E-state index in [-0.39, 0.29) is 21.0 Å². The number of rotatable bonds is 3. The lowest BCUT2D eigenvalue weighted by Crippen LogP contribution is -2.37. The molecule has 112 valence electrons. The van der Waals surface area contributed by atoms with Gasteiger partial charge in [-0.15, -0.1) is 0 Å². The summed E-state index contributed by atoms with van der Waals surface area (Å²) in [6, 6.07) is 4.67. The molecular formula is C13H18Cl2N2O2S. The first-order valence-electron chi connectivity index (χ1n) is 6.57. The third-order valence-corrected chi connectivity index (χ3v) is 6.52. The van der Waals surface area contributed by atoms with Gasteiger partial charge in [0.05, 0.1) is 10.0 Å². The van der Waals surface area contributed by atoms with Crippen LogP contribution in [0.2, 0.25) is 10.0 Å². The maximum Gasteiger partial charge on any atom is 0.244 e. The van der Waals surface area contributed by atoms with Crippen molar-refractivity contribution in [1.29, 1.82) is 0 Å². The molecule has 1 unspecified atom stereocenters. The molecule has 1 aromatic carbocycles. The number of nitrogens with one attached hydrogen (secondary N) is 1. The van der Waals surface area contributed by atoms with Gasteiger partial charge >= 0.3 is 0 Å². The van der Waals surface area contributed by atoms with Gasteiger partial charge in [-0.1, -0.05) is 29.3 Å². The van der Waals surface area contributed by atoms with Crippen molar-refractivity contribution in [3.8, 4) is 0 Å². The Kier molecular flexibility index (Phi) is 5.31. The highest BCUT2D eigenvalue weighted by molar-refractivity contribution is 7.89. The van der Waals surface area contributed by atoms with E-state index in [1.54, 1.807) is 19.2 Å². The van der Waals surface area contributed by atoms with Crippen molar-refractivity contribution < 1.29 is 8.42 Å². The van der Waals surface area contributed by atoms with Gasteiger partial charge in [0.1, 0.15) is 4.90 Å². The number of hydrogen-bond acceptors (Lipinski definition) is 3. The zero-order chi connectivity index (χ0) is 14.8. The molecular weight excluding hydrogens is 319 g/mol. The maximum absolute atomic E-state index is 12.7. The van der Waals surface area contributed by atoms with Crippen LogP contribution < -0.4 is 5.32 Å². The topological polar surface area (TPSA) is 49.4 Å². The Labute approximate surface area is 130 Å². The molecule has 0 radical (unpaired) electrons. The molecule has 20 heavy (non-hydrogen) atoms. The second kappa shape index (κ2) is 6.62. The van der Waals surface area contributed by atoms with Crippen LogP contribution in [0.3, 0.4) is 0 Å². The average Bonchev–Trinajstić information content (AvgIpc) is 2.69. The van der Waals surface area contributed by atoms with Gasteiger partial charge < -0.3 is 5.32 Å². The molecule has 7 heteroatoms. The molecule has 1 fully saturated rings. The molecule has 1 atom stereocenters. The van der Waals surface area contributed by atoms with Gasteiger partial charge in [0.15, 0.2) is 0 Å². The molecule has 1 N–H and O–H groups in total. The van der Waals surface area contributed by atoms with Gasteiger partial charge in [0, 0.05) is 13.1 Å². The van der Waals surface area contributed by atoms with Crippen LogP contribution in [0.4, 0.5) is 0 Å². The molecule has 1 heterocycles. The lowest BCUT2D eigenvalue weighted by atomic mass is 10.1. The van der Waals surface area contributed by atoms with E-state index < -0.39 is 10.0 Å². The van der Waals surface area contributed by atoms with Crippen molar-refractivity contribution in [1.82, 2.24) is 9.62 Å². The summed E-state index contributed by atoms with van der Waals surface area (Å²) in [5.74, 6) is 0. The predicted octanol–water partition coefficient (Wildman–Crippen LogP) is 2.76. The van der Waals surface area contributed by atoms with E-state index in [0.717, 1.165) is 32.4 Å². The van der Waals surface area contributed by atoms with Gasteiger partial charge in [-0.3, -0.25) is 0 Å². The lowest BCUT2D eigenvalue weighted by molar-refractivity contribution is 0.341. The number of halogens is 2. The summed E-state index contributed by atoms with van der Waals surface area (Å²) in [4.78, 5) is 0.0753. The van der Waals surface area contributed by atoms with Crippen molar-refractivity contribution in [3.63, 3.8) is 0 Å². The van der Waals surface area contributed by atoms with Gasteiger partial charge in [0.2, 0.25) is 10.0 Å². The van der Waals surface area contributed by atoms with Gasteiger partial charge in [-0.05, 0) is 44.5 Å². The number of nitrogens with zero attached hydrogens (tertiary/aromatic N) is 1. The zero-order valence-corrected chi connectivity index (χ0v) is 13.6. The maximum atomic E-state index is 12.7. The Hall–Kier alpha value is -0.330. The molecule has 0 amide bonds. The first kappa shape index (κ1) is 16.0. The Balaban J connectivity index is 2.31. The molecule has 2 rings (SSSR count). The van der Waals surface area contributed by atoms with E-state index in [1.807, 2.05) is 0 Å². The number of benzene rings is 1. The van der Waals surface area contributed by atoms with E-state index in [0.29, 0.717) is 0 Å². The monoisotopic (exact) mass is 336 g/mol. The molecule has 1 aliphatic heterocycles. The average molecular weight is 337 g/mol. The van der Waals surface area contributed by atoms with Crippen molar-refractivity contribution in [2.75, 3.05) is 20.1 Å². The first-order chi connectivity index (χ1) is 9.44. The molecule has 1 saturated heterocycles. The summed E-state index contributed by atoms with van der Waals surface area (Å²) in [6.45, 7) is 1.76. The molecule has 1 aromatic rings. The summed E-state index contributed by atoms with van der Waals surface area (Å²) in [5, 5.41) is 3.62. The molecule has 0 aromatic heterocycles. The second-order valence-electron chi connectivity index (χ2n) is 4.91. The first-order valence-corrected chi connectivity index (χ1v) is 8.77. The summed E-state index contributed by atoms with van der Waals surface area (Å²) < 4.78 is 26.8. The Morgan fingerprint density at radius 1 is 1.25 bits per heavy atom. The second-order valence-corrected chi connectivity index (χ2v) is 7.66. The normalized spacial score (nSPS) is 20.9. The molecule has 0 bridgehead atoms. The highest BCUT2D eigenvalue weighted by Crippen LogP contribution is 2.32. The summed E-state index contributed by atoms with van der Waals surface area (Å²) >= 11 is 12.0. The van der Waals surface area contributed by atoms with E-state index in [2.05, 4.69) is 5.32 Å². The third-order valence-electron chi connectivity index (χ3n) is 3.63. The van der Waals surface area contributed by atoms with Crippen LogP contribution in [0.5, 0.6) is 0 Å². The van der Waals surface area contributed by atoms with Crippen LogP contribution in [0.25, 0.3) is 0 Å². The fraction of sp³-hybridized carbons (Fsp3) is 0.538. The van der Waals surface area contributed by atoms with E-state index in [4.69, 9.17) is 23.2 Å². The predicted molar refractivity (Wildman–Crippen MR) is 81.9 cm³/mol. The van der Waals surface area contributed by atoms with Crippen LogP contribution >= 0.6 is 23.2 Å². The molecule has 0 spiro atoms. The Morgan fingerprint density at radius 3 is 2.75 bits per heavy atom. The molecule has 1 aliphatic rings. The van der Waals surface area contributed by atoms with Gasteiger partial charge in [-0.2, -0.15) is 4.31 Å². The Bertz CT molecular complexity index is 570. The summed E-state index contributed by atoms with van der Waals surface area (Å²) in [6.07, 6.45) is 2.61. The minimum atomic E-state index is -3.62. The van der Waals surface area contributed by atoms with Gasteiger partial charge in [-0.25, -0.2) is 8.42 Å². The van der Waals surface area contributed by atoms with Crippen LogP contribution in [0.15, 0.2) is 23.1 Å². The van der Waals surface area contributed by atoms with Crippen LogP contribution in [0.1, 0.15) is 19.3 Å². The largest absolute Gasteiger partial charge is 0.317 e. The van der Waals surface area contributed by atoms with Gasteiger partial charge in [0.25, 0.3) is 0 Å². The number of sulfonamides is 1. The summed E-state index contributed by atoms with van der Waals surface area (Å²) in [7, 11) is -2.01. The molecule has 0 aliphatic carbocycles. The summed E-state index contributed by atoms with van der Waals surface area (Å²) in [5.41, 5.74) is 0. The Morgan fingerprint density at radius 2 is 2.00 bits per heavy atom. The number of hydrogen-bond donors (Lipinski definition) is 1. The quantitative estimate of drug-likeness (QED) is 0.923. The van der Waals surface area contributed by atoms with Crippen molar-refractivity contribution >= 4 is 33.2 Å². The highest BCUT2D eigenvalue weighted by atomic mass is 35.5. The minimum absolute atomic E-state index is 0.00921. The lowest BCUT2D eigenvalue weighted by Gasteiger charge is -2.26. The third kappa shape index (κ3) is 3.28. The SMILES string of the molecule is CN(C1CCCNCC1)S(=O)(=O)c1cccc(Cl)c1Cl. The molecule has 0 saturated carbocycles. The highest BCUT2D eigenvalue weighted by Gasteiger charge is 2.30.